The van der Waals surface area contributed by atoms with E-state index in [1.165, 1.54) is 0 Å². The van der Waals surface area contributed by atoms with Gasteiger partial charge >= 0.3 is 0 Å². The first-order valence-electron chi connectivity index (χ1n) is 2.70. The largest absolute Gasteiger partial charge is 0.337 e. The van der Waals surface area contributed by atoms with E-state index >= 15 is 0 Å². The summed E-state index contributed by atoms with van der Waals surface area (Å²) in [4.78, 5) is 8.92. The summed E-state index contributed by atoms with van der Waals surface area (Å²) in [7, 11) is 0. The fourth-order valence-electron chi connectivity index (χ4n) is 0.382. The molecule has 0 aromatic heterocycles. The lowest BCUT2D eigenvalue weighted by atomic mass is 10.5. The second-order valence-corrected chi connectivity index (χ2v) is 6.58. The molecule has 0 fully saturated rings. The summed E-state index contributed by atoms with van der Waals surface area (Å²) in [6, 6.07) is 0. The van der Waals surface area contributed by atoms with Crippen LogP contribution in [0.3, 0.4) is 0 Å². The first kappa shape index (κ1) is 9.50. The van der Waals surface area contributed by atoms with Crippen molar-refractivity contribution in [2.24, 2.45) is 5.73 Å². The summed E-state index contributed by atoms with van der Waals surface area (Å²) in [6.07, 6.45) is 2.61. The van der Waals surface area contributed by atoms with Gasteiger partial charge in [-0.3, -0.25) is 4.57 Å². The van der Waals surface area contributed by atoms with Gasteiger partial charge in [-0.05, 0) is 19.2 Å². The van der Waals surface area contributed by atoms with Crippen LogP contribution in [0.5, 0.6) is 0 Å². The minimum atomic E-state index is -2.85. The molecule has 0 aliphatic carbocycles. The monoisotopic (exact) mass is 169 g/mol. The molecular weight excluding hydrogens is 157 g/mol. The van der Waals surface area contributed by atoms with E-state index in [1.54, 1.807) is 6.26 Å². The first-order chi connectivity index (χ1) is 4.12. The first-order valence-corrected chi connectivity index (χ1v) is 6.37. The van der Waals surface area contributed by atoms with Crippen LogP contribution in [0.1, 0.15) is 6.42 Å². The van der Waals surface area contributed by atoms with Crippen LogP contribution in [0.25, 0.3) is 0 Å². The topological polar surface area (TPSA) is 63.3 Å². The Kier molecular flexibility index (Phi) is 4.58. The van der Waals surface area contributed by atoms with Crippen molar-refractivity contribution in [3.8, 4) is 0 Å². The van der Waals surface area contributed by atoms with Crippen LogP contribution in [-0.4, -0.2) is 23.9 Å². The maximum absolute atomic E-state index is 10.8. The smallest absolute Gasteiger partial charge is 0.254 e. The van der Waals surface area contributed by atoms with E-state index < -0.39 is 6.57 Å². The molecule has 0 saturated heterocycles. The average molecular weight is 169 g/mol. The van der Waals surface area contributed by atoms with E-state index in [-0.39, 0.29) is 0 Å². The fourth-order valence-corrected chi connectivity index (χ4v) is 2.08. The molecule has 1 unspecified atom stereocenters. The van der Waals surface area contributed by atoms with Crippen molar-refractivity contribution in [3.63, 3.8) is 0 Å². The number of hydrogen-bond donors (Lipinski definition) is 2. The third kappa shape index (κ3) is 4.97. The second-order valence-electron chi connectivity index (χ2n) is 1.69. The molecule has 0 saturated carbocycles. The van der Waals surface area contributed by atoms with E-state index in [9.17, 15) is 4.57 Å². The fraction of sp³-hybridized carbons (Fsp3) is 1.00. The SMILES string of the molecule is CSP(=O)(O)CCCN. The molecule has 0 bridgehead atoms. The highest BCUT2D eigenvalue weighted by Crippen LogP contribution is 2.52. The zero-order valence-corrected chi connectivity index (χ0v) is 7.12. The molecular formula is C4H12NO2PS. The van der Waals surface area contributed by atoms with Crippen LogP contribution in [0.15, 0.2) is 0 Å². The van der Waals surface area contributed by atoms with Gasteiger partial charge in [0, 0.05) is 6.16 Å². The van der Waals surface area contributed by atoms with E-state index in [4.69, 9.17) is 10.6 Å². The molecule has 0 amide bonds. The Labute approximate surface area is 59.2 Å². The highest BCUT2D eigenvalue weighted by Gasteiger charge is 2.13. The summed E-state index contributed by atoms with van der Waals surface area (Å²) in [6.45, 7) is -2.36. The van der Waals surface area contributed by atoms with Crippen LogP contribution in [0.2, 0.25) is 0 Å². The number of hydrogen-bond acceptors (Lipinski definition) is 3. The Balaban J connectivity index is 3.46. The summed E-state index contributed by atoms with van der Waals surface area (Å²) < 4.78 is 10.8. The Bertz CT molecular complexity index is 119. The molecule has 3 N–H and O–H groups in total. The Morgan fingerprint density at radius 2 is 2.33 bits per heavy atom. The summed E-state index contributed by atoms with van der Waals surface area (Å²) in [5.74, 6) is 0. The molecule has 0 aliphatic rings. The minimum absolute atomic E-state index is 0.338. The zero-order valence-electron chi connectivity index (χ0n) is 5.41. The third-order valence-corrected chi connectivity index (χ3v) is 4.64. The molecule has 5 heteroatoms. The Morgan fingerprint density at radius 3 is 2.67 bits per heavy atom. The average Bonchev–Trinajstić information content (AvgIpc) is 1.84. The molecule has 0 radical (unpaired) electrons. The predicted octanol–water partition coefficient (Wildman–Crippen LogP) is 0.884. The van der Waals surface area contributed by atoms with Crippen LogP contribution in [0.4, 0.5) is 0 Å². The van der Waals surface area contributed by atoms with E-state index in [0.717, 1.165) is 11.4 Å². The lowest BCUT2D eigenvalue weighted by Gasteiger charge is -2.04. The molecule has 0 heterocycles. The van der Waals surface area contributed by atoms with Crippen molar-refractivity contribution in [2.45, 2.75) is 6.42 Å². The quantitative estimate of drug-likeness (QED) is 0.613. The molecule has 0 spiro atoms. The summed E-state index contributed by atoms with van der Waals surface area (Å²) >= 11 is 1.02. The minimum Gasteiger partial charge on any atom is -0.337 e. The van der Waals surface area contributed by atoms with Gasteiger partial charge in [-0.25, -0.2) is 0 Å². The van der Waals surface area contributed by atoms with Crippen LogP contribution in [-0.2, 0) is 4.57 Å². The van der Waals surface area contributed by atoms with Crippen molar-refractivity contribution in [1.82, 2.24) is 0 Å². The molecule has 3 nitrogen and oxygen atoms in total. The highest BCUT2D eigenvalue weighted by atomic mass is 32.7. The van der Waals surface area contributed by atoms with Gasteiger partial charge in [-0.1, -0.05) is 11.4 Å². The summed E-state index contributed by atoms with van der Waals surface area (Å²) in [5.41, 5.74) is 5.15. The second kappa shape index (κ2) is 4.34. The maximum atomic E-state index is 10.8. The van der Waals surface area contributed by atoms with E-state index in [1.807, 2.05) is 0 Å². The molecule has 0 aromatic carbocycles. The van der Waals surface area contributed by atoms with Crippen molar-refractivity contribution >= 4 is 18.0 Å². The molecule has 0 rings (SSSR count). The van der Waals surface area contributed by atoms with Gasteiger partial charge < -0.3 is 10.6 Å². The van der Waals surface area contributed by atoms with Gasteiger partial charge in [0.15, 0.2) is 0 Å². The van der Waals surface area contributed by atoms with Gasteiger partial charge in [-0.15, -0.1) is 0 Å². The van der Waals surface area contributed by atoms with Gasteiger partial charge in [0.05, 0.1) is 0 Å². The van der Waals surface area contributed by atoms with Crippen molar-refractivity contribution < 1.29 is 9.46 Å². The molecule has 9 heavy (non-hydrogen) atoms. The van der Waals surface area contributed by atoms with Gasteiger partial charge in [0.1, 0.15) is 0 Å². The molecule has 0 aromatic rings. The lowest BCUT2D eigenvalue weighted by Crippen LogP contribution is -2.00. The lowest BCUT2D eigenvalue weighted by molar-refractivity contribution is 0.495. The summed E-state index contributed by atoms with van der Waals surface area (Å²) in [5, 5.41) is 0. The highest BCUT2D eigenvalue weighted by molar-refractivity contribution is 8.56. The standard InChI is InChI=1S/C4H12NO2PS/c1-9-8(6,7)4-2-3-5/h2-5H2,1H3,(H,6,7). The molecule has 1 atom stereocenters. The van der Waals surface area contributed by atoms with E-state index in [0.29, 0.717) is 19.1 Å². The zero-order chi connectivity index (χ0) is 7.33. The third-order valence-electron chi connectivity index (χ3n) is 0.930. The van der Waals surface area contributed by atoms with Gasteiger partial charge in [-0.2, -0.15) is 0 Å². The van der Waals surface area contributed by atoms with Crippen molar-refractivity contribution in [2.75, 3.05) is 19.0 Å². The van der Waals surface area contributed by atoms with Crippen molar-refractivity contribution in [1.29, 1.82) is 0 Å². The van der Waals surface area contributed by atoms with Crippen molar-refractivity contribution in [3.05, 3.63) is 0 Å². The Morgan fingerprint density at radius 1 is 1.78 bits per heavy atom. The van der Waals surface area contributed by atoms with E-state index in [2.05, 4.69) is 0 Å². The predicted molar refractivity (Wildman–Crippen MR) is 41.9 cm³/mol. The van der Waals surface area contributed by atoms with Gasteiger partial charge in [0.25, 0.3) is 6.57 Å². The Hall–Kier alpha value is 0.500. The van der Waals surface area contributed by atoms with Gasteiger partial charge in [0.2, 0.25) is 0 Å². The maximum Gasteiger partial charge on any atom is 0.254 e. The number of rotatable bonds is 4. The number of nitrogens with two attached hydrogens (primary N) is 1. The van der Waals surface area contributed by atoms with Crippen LogP contribution in [0, 0.1) is 0 Å². The molecule has 0 aliphatic heterocycles. The van der Waals surface area contributed by atoms with Crippen LogP contribution < -0.4 is 5.73 Å². The molecule has 56 valence electrons. The van der Waals surface area contributed by atoms with Crippen LogP contribution >= 0.6 is 18.0 Å². The normalized spacial score (nSPS) is 17.2.